The van der Waals surface area contributed by atoms with Crippen molar-refractivity contribution in [3.8, 4) is 0 Å². The normalized spacial score (nSPS) is 15.3. The lowest BCUT2D eigenvalue weighted by Gasteiger charge is -2.24. The second kappa shape index (κ2) is 5.67. The molecule has 0 spiro atoms. The maximum absolute atomic E-state index is 12.5. The van der Waals surface area contributed by atoms with Gasteiger partial charge in [-0.2, -0.15) is 0 Å². The average Bonchev–Trinajstić information content (AvgIpc) is 2.86. The van der Waals surface area contributed by atoms with Crippen LogP contribution in [0.3, 0.4) is 0 Å². The minimum atomic E-state index is 0.0700. The number of carbonyl (C=O) groups is 1. The molecule has 0 aliphatic carbocycles. The largest absolute Gasteiger partial charge is 0.348 e. The summed E-state index contributed by atoms with van der Waals surface area (Å²) in [5.41, 5.74) is 2.99. The zero-order valence-corrected chi connectivity index (χ0v) is 11.9. The molecule has 5 heteroatoms. The first-order chi connectivity index (χ1) is 9.74. The Morgan fingerprint density at radius 3 is 2.80 bits per heavy atom. The molecule has 1 aliphatic heterocycles. The number of rotatable bonds is 1. The van der Waals surface area contributed by atoms with Crippen molar-refractivity contribution in [1.29, 1.82) is 0 Å². The number of amides is 1. The van der Waals surface area contributed by atoms with Crippen molar-refractivity contribution in [3.05, 3.63) is 52.6 Å². The fraction of sp³-hybridized carbons (Fsp3) is 0.333. The van der Waals surface area contributed by atoms with Crippen LogP contribution in [0, 0.1) is 0 Å². The van der Waals surface area contributed by atoms with Crippen molar-refractivity contribution in [2.24, 2.45) is 0 Å². The monoisotopic (exact) mass is 289 g/mol. The van der Waals surface area contributed by atoms with Crippen LogP contribution in [0.5, 0.6) is 0 Å². The van der Waals surface area contributed by atoms with Gasteiger partial charge in [-0.15, -0.1) is 0 Å². The molecule has 2 aromatic rings. The van der Waals surface area contributed by atoms with E-state index in [-0.39, 0.29) is 5.91 Å². The maximum Gasteiger partial charge on any atom is 0.253 e. The van der Waals surface area contributed by atoms with E-state index in [1.807, 2.05) is 4.90 Å². The highest BCUT2D eigenvalue weighted by Gasteiger charge is 2.19. The fourth-order valence-electron chi connectivity index (χ4n) is 2.56. The van der Waals surface area contributed by atoms with Crippen LogP contribution < -0.4 is 0 Å². The lowest BCUT2D eigenvalue weighted by Crippen LogP contribution is -2.35. The van der Waals surface area contributed by atoms with Crippen LogP contribution in [0.15, 0.2) is 30.6 Å². The smallest absolute Gasteiger partial charge is 0.253 e. The van der Waals surface area contributed by atoms with Gasteiger partial charge in [0, 0.05) is 35.8 Å². The first-order valence-corrected chi connectivity index (χ1v) is 7.18. The second-order valence-corrected chi connectivity index (χ2v) is 5.42. The van der Waals surface area contributed by atoms with Gasteiger partial charge in [-0.1, -0.05) is 11.6 Å². The van der Waals surface area contributed by atoms with Crippen LogP contribution in [-0.2, 0) is 12.8 Å². The van der Waals surface area contributed by atoms with E-state index in [9.17, 15) is 4.79 Å². The van der Waals surface area contributed by atoms with E-state index < -0.39 is 0 Å². The van der Waals surface area contributed by atoms with E-state index in [0.29, 0.717) is 17.1 Å². The summed E-state index contributed by atoms with van der Waals surface area (Å²) in [5, 5.41) is 0.649. The zero-order chi connectivity index (χ0) is 13.9. The number of H-pyrrole nitrogens is 1. The summed E-state index contributed by atoms with van der Waals surface area (Å²) in [5.74, 6) is 0.0700. The Kier molecular flexibility index (Phi) is 3.74. The first kappa shape index (κ1) is 13.2. The molecule has 0 bridgehead atoms. The van der Waals surface area contributed by atoms with Gasteiger partial charge in [-0.25, -0.2) is 4.98 Å². The Bertz CT molecular complexity index is 606. The van der Waals surface area contributed by atoms with Crippen LogP contribution >= 0.6 is 11.6 Å². The standard InChI is InChI=1S/C15H16ClN3O/c16-12-5-3-11(4-6-12)15(20)19-8-1-2-13-14(7-9-19)18-10-17-13/h3-6,10H,1-2,7-9H2,(H,17,18). The van der Waals surface area contributed by atoms with Gasteiger partial charge < -0.3 is 9.88 Å². The van der Waals surface area contributed by atoms with Crippen LogP contribution in [0.2, 0.25) is 5.02 Å². The number of fused-ring (bicyclic) bond motifs is 1. The highest BCUT2D eigenvalue weighted by Crippen LogP contribution is 2.16. The van der Waals surface area contributed by atoms with Gasteiger partial charge in [0.2, 0.25) is 0 Å². The number of aromatic amines is 1. The Labute approximate surface area is 122 Å². The van der Waals surface area contributed by atoms with E-state index in [0.717, 1.165) is 31.5 Å². The summed E-state index contributed by atoms with van der Waals surface area (Å²) in [6.45, 7) is 1.49. The lowest BCUT2D eigenvalue weighted by molar-refractivity contribution is 0.0752. The van der Waals surface area contributed by atoms with E-state index in [4.69, 9.17) is 11.6 Å². The number of carbonyl (C=O) groups excluding carboxylic acids is 1. The molecule has 0 radical (unpaired) electrons. The molecule has 0 unspecified atom stereocenters. The van der Waals surface area contributed by atoms with Crippen LogP contribution in [-0.4, -0.2) is 33.9 Å². The summed E-state index contributed by atoms with van der Waals surface area (Å²) >= 11 is 5.86. The van der Waals surface area contributed by atoms with Gasteiger partial charge in [-0.05, 0) is 37.1 Å². The van der Waals surface area contributed by atoms with E-state index in [1.54, 1.807) is 30.6 Å². The van der Waals surface area contributed by atoms with Gasteiger partial charge in [0.05, 0.1) is 12.0 Å². The maximum atomic E-state index is 12.5. The van der Waals surface area contributed by atoms with Gasteiger partial charge in [0.15, 0.2) is 0 Å². The van der Waals surface area contributed by atoms with E-state index in [2.05, 4.69) is 9.97 Å². The summed E-state index contributed by atoms with van der Waals surface area (Å²) in [6.07, 6.45) is 4.44. The van der Waals surface area contributed by atoms with Gasteiger partial charge in [0.1, 0.15) is 0 Å². The van der Waals surface area contributed by atoms with Crippen molar-refractivity contribution in [2.45, 2.75) is 19.3 Å². The second-order valence-electron chi connectivity index (χ2n) is 4.98. The van der Waals surface area contributed by atoms with Crippen molar-refractivity contribution < 1.29 is 4.79 Å². The van der Waals surface area contributed by atoms with Gasteiger partial charge >= 0.3 is 0 Å². The molecule has 1 aliphatic rings. The Balaban J connectivity index is 1.74. The highest BCUT2D eigenvalue weighted by atomic mass is 35.5. The van der Waals surface area contributed by atoms with Crippen LogP contribution in [0.4, 0.5) is 0 Å². The molecule has 2 heterocycles. The highest BCUT2D eigenvalue weighted by molar-refractivity contribution is 6.30. The number of aryl methyl sites for hydroxylation is 1. The van der Waals surface area contributed by atoms with E-state index >= 15 is 0 Å². The zero-order valence-electron chi connectivity index (χ0n) is 11.1. The molecule has 1 amide bonds. The van der Waals surface area contributed by atoms with Crippen molar-refractivity contribution in [3.63, 3.8) is 0 Å². The molecule has 4 nitrogen and oxygen atoms in total. The van der Waals surface area contributed by atoms with E-state index in [1.165, 1.54) is 5.69 Å². The third-order valence-electron chi connectivity index (χ3n) is 3.66. The molecule has 104 valence electrons. The summed E-state index contributed by atoms with van der Waals surface area (Å²) < 4.78 is 0. The number of nitrogens with zero attached hydrogens (tertiary/aromatic N) is 2. The van der Waals surface area contributed by atoms with Crippen molar-refractivity contribution in [1.82, 2.24) is 14.9 Å². The first-order valence-electron chi connectivity index (χ1n) is 6.80. The van der Waals surface area contributed by atoms with Gasteiger partial charge in [0.25, 0.3) is 5.91 Å². The number of hydrogen-bond donors (Lipinski definition) is 1. The summed E-state index contributed by atoms with van der Waals surface area (Å²) in [6, 6.07) is 7.07. The molecule has 1 N–H and O–H groups in total. The Morgan fingerprint density at radius 2 is 2.00 bits per heavy atom. The molecular weight excluding hydrogens is 274 g/mol. The molecule has 0 saturated heterocycles. The molecule has 0 atom stereocenters. The number of halogens is 1. The quantitative estimate of drug-likeness (QED) is 0.877. The Hall–Kier alpha value is -1.81. The van der Waals surface area contributed by atoms with Crippen molar-refractivity contribution >= 4 is 17.5 Å². The molecule has 1 aromatic carbocycles. The predicted octanol–water partition coefficient (Wildman–Crippen LogP) is 2.69. The molecule has 0 fully saturated rings. The van der Waals surface area contributed by atoms with Crippen molar-refractivity contribution in [2.75, 3.05) is 13.1 Å². The van der Waals surface area contributed by atoms with Crippen LogP contribution in [0.1, 0.15) is 28.2 Å². The number of aromatic nitrogens is 2. The number of benzene rings is 1. The average molecular weight is 290 g/mol. The minimum absolute atomic E-state index is 0.0700. The van der Waals surface area contributed by atoms with Gasteiger partial charge in [-0.3, -0.25) is 4.79 Å². The predicted molar refractivity (Wildman–Crippen MR) is 78.0 cm³/mol. The Morgan fingerprint density at radius 1 is 1.20 bits per heavy atom. The molecular formula is C15H16ClN3O. The SMILES string of the molecule is O=C(c1ccc(Cl)cc1)N1CCCc2[nH]cnc2CC1. The topological polar surface area (TPSA) is 49.0 Å². The minimum Gasteiger partial charge on any atom is -0.348 e. The lowest BCUT2D eigenvalue weighted by atomic mass is 10.1. The third-order valence-corrected chi connectivity index (χ3v) is 3.91. The third kappa shape index (κ3) is 2.70. The number of nitrogens with one attached hydrogen (secondary N) is 1. The fourth-order valence-corrected chi connectivity index (χ4v) is 2.68. The summed E-state index contributed by atoms with van der Waals surface area (Å²) in [7, 11) is 0. The summed E-state index contributed by atoms with van der Waals surface area (Å²) in [4.78, 5) is 21.9. The molecule has 0 saturated carbocycles. The van der Waals surface area contributed by atoms with Crippen LogP contribution in [0.25, 0.3) is 0 Å². The molecule has 20 heavy (non-hydrogen) atoms. The molecule has 1 aromatic heterocycles. The number of hydrogen-bond acceptors (Lipinski definition) is 2. The molecule has 3 rings (SSSR count). The number of imidazole rings is 1.